The van der Waals surface area contributed by atoms with Crippen LogP contribution < -0.4 is 0 Å². The Labute approximate surface area is 92.2 Å². The van der Waals surface area contributed by atoms with Gasteiger partial charge in [0.05, 0.1) is 12.7 Å². The van der Waals surface area contributed by atoms with Gasteiger partial charge in [-0.25, -0.2) is 9.45 Å². The summed E-state index contributed by atoms with van der Waals surface area (Å²) in [7, 11) is -1.01. The SMILES string of the molecule is CON(C)C1=NS(=O)(=O)c2cccc(F)c21. The van der Waals surface area contributed by atoms with E-state index in [-0.39, 0.29) is 16.3 Å². The molecule has 0 bridgehead atoms. The Balaban J connectivity index is 2.72. The molecule has 0 unspecified atom stereocenters. The van der Waals surface area contributed by atoms with Crippen LogP contribution in [0.15, 0.2) is 27.5 Å². The lowest BCUT2D eigenvalue weighted by Crippen LogP contribution is -2.26. The van der Waals surface area contributed by atoms with Gasteiger partial charge in [0, 0.05) is 7.05 Å². The summed E-state index contributed by atoms with van der Waals surface area (Å²) in [4.78, 5) is 4.68. The van der Waals surface area contributed by atoms with E-state index in [2.05, 4.69) is 4.40 Å². The van der Waals surface area contributed by atoms with E-state index in [0.29, 0.717) is 0 Å². The molecular formula is C9H9FN2O3S. The average Bonchev–Trinajstić information content (AvgIpc) is 2.52. The molecule has 0 aromatic heterocycles. The number of sulfonamides is 1. The molecule has 0 atom stereocenters. The second-order valence-electron chi connectivity index (χ2n) is 3.18. The largest absolute Gasteiger partial charge is 0.285 e. The van der Waals surface area contributed by atoms with Crippen molar-refractivity contribution in [2.45, 2.75) is 4.90 Å². The van der Waals surface area contributed by atoms with Gasteiger partial charge in [0.25, 0.3) is 10.0 Å². The molecule has 1 aliphatic heterocycles. The number of amidine groups is 1. The third-order valence-corrected chi connectivity index (χ3v) is 3.56. The molecule has 1 aliphatic rings. The van der Waals surface area contributed by atoms with Crippen molar-refractivity contribution in [1.82, 2.24) is 5.06 Å². The highest BCUT2D eigenvalue weighted by atomic mass is 32.2. The molecule has 0 fully saturated rings. The lowest BCUT2D eigenvalue weighted by Gasteiger charge is -2.15. The Kier molecular flexibility index (Phi) is 2.43. The van der Waals surface area contributed by atoms with E-state index in [1.54, 1.807) is 0 Å². The van der Waals surface area contributed by atoms with Crippen molar-refractivity contribution in [1.29, 1.82) is 0 Å². The van der Waals surface area contributed by atoms with E-state index in [1.807, 2.05) is 0 Å². The number of nitrogens with zero attached hydrogens (tertiary/aromatic N) is 2. The van der Waals surface area contributed by atoms with Crippen LogP contribution in [-0.2, 0) is 14.9 Å². The first kappa shape index (κ1) is 11.0. The average molecular weight is 244 g/mol. The first-order chi connectivity index (χ1) is 7.47. The van der Waals surface area contributed by atoms with Gasteiger partial charge in [-0.05, 0) is 12.1 Å². The van der Waals surface area contributed by atoms with Crippen LogP contribution in [0.3, 0.4) is 0 Å². The van der Waals surface area contributed by atoms with Gasteiger partial charge in [-0.1, -0.05) is 6.07 Å². The Bertz CT molecular complexity index is 568. The van der Waals surface area contributed by atoms with E-state index in [9.17, 15) is 12.8 Å². The summed E-state index contributed by atoms with van der Waals surface area (Å²) in [5.74, 6) is -0.683. The minimum Gasteiger partial charge on any atom is -0.276 e. The molecule has 0 saturated heterocycles. The number of hydrogen-bond acceptors (Lipinski definition) is 4. The number of hydroxylamine groups is 2. The highest BCUT2D eigenvalue weighted by Gasteiger charge is 2.33. The lowest BCUT2D eigenvalue weighted by molar-refractivity contribution is -0.0409. The summed E-state index contributed by atoms with van der Waals surface area (Å²) in [5.41, 5.74) is -0.0492. The predicted molar refractivity (Wildman–Crippen MR) is 54.9 cm³/mol. The fourth-order valence-electron chi connectivity index (χ4n) is 1.45. The molecule has 7 heteroatoms. The van der Waals surface area contributed by atoms with Crippen LogP contribution >= 0.6 is 0 Å². The summed E-state index contributed by atoms with van der Waals surface area (Å²) in [6.07, 6.45) is 0. The van der Waals surface area contributed by atoms with Gasteiger partial charge in [-0.15, -0.1) is 4.40 Å². The van der Waals surface area contributed by atoms with Gasteiger partial charge in [-0.3, -0.25) is 4.84 Å². The van der Waals surface area contributed by atoms with Crippen LogP contribution in [0.4, 0.5) is 4.39 Å². The van der Waals surface area contributed by atoms with Crippen LogP contribution in [0, 0.1) is 5.82 Å². The van der Waals surface area contributed by atoms with Crippen molar-refractivity contribution in [3.05, 3.63) is 29.6 Å². The summed E-state index contributed by atoms with van der Waals surface area (Å²) in [5, 5.41) is 1.10. The standard InChI is InChI=1S/C9H9FN2O3S/c1-12(15-2)9-8-6(10)4-3-5-7(8)16(13,14)11-9/h3-5H,1-2H3. The van der Waals surface area contributed by atoms with E-state index in [1.165, 1.54) is 32.4 Å². The zero-order valence-corrected chi connectivity index (χ0v) is 9.45. The molecule has 5 nitrogen and oxygen atoms in total. The second-order valence-corrected chi connectivity index (χ2v) is 4.76. The highest BCUT2D eigenvalue weighted by Crippen LogP contribution is 2.29. The third kappa shape index (κ3) is 1.48. The van der Waals surface area contributed by atoms with Crippen molar-refractivity contribution >= 4 is 15.9 Å². The van der Waals surface area contributed by atoms with Crippen molar-refractivity contribution < 1.29 is 17.6 Å². The fourth-order valence-corrected chi connectivity index (χ4v) is 2.68. The number of halogens is 1. The molecule has 16 heavy (non-hydrogen) atoms. The van der Waals surface area contributed by atoms with Gasteiger partial charge < -0.3 is 0 Å². The van der Waals surface area contributed by atoms with Gasteiger partial charge in [-0.2, -0.15) is 8.42 Å². The molecule has 0 saturated carbocycles. The smallest absolute Gasteiger partial charge is 0.276 e. The van der Waals surface area contributed by atoms with Gasteiger partial charge in [0.2, 0.25) is 0 Å². The Morgan fingerprint density at radius 2 is 2.12 bits per heavy atom. The summed E-state index contributed by atoms with van der Waals surface area (Å²) in [6, 6.07) is 3.82. The lowest BCUT2D eigenvalue weighted by atomic mass is 10.2. The van der Waals surface area contributed by atoms with Crippen LogP contribution in [0.1, 0.15) is 5.56 Å². The van der Waals surface area contributed by atoms with Crippen LogP contribution in [-0.4, -0.2) is 33.5 Å². The molecule has 1 heterocycles. The second kappa shape index (κ2) is 3.53. The van der Waals surface area contributed by atoms with Crippen LogP contribution in [0.25, 0.3) is 0 Å². The van der Waals surface area contributed by atoms with Crippen molar-refractivity contribution in [2.24, 2.45) is 4.40 Å². The molecule has 0 radical (unpaired) electrons. The van der Waals surface area contributed by atoms with E-state index in [4.69, 9.17) is 4.84 Å². The number of rotatable bonds is 1. The van der Waals surface area contributed by atoms with E-state index in [0.717, 1.165) is 5.06 Å². The minimum absolute atomic E-state index is 0.0457. The number of hydrogen-bond donors (Lipinski definition) is 0. The van der Waals surface area contributed by atoms with Gasteiger partial charge >= 0.3 is 0 Å². The molecule has 86 valence electrons. The number of fused-ring (bicyclic) bond motifs is 1. The maximum absolute atomic E-state index is 13.6. The molecular weight excluding hydrogens is 235 g/mol. The summed E-state index contributed by atoms with van der Waals surface area (Å²) >= 11 is 0. The minimum atomic E-state index is -3.81. The maximum atomic E-state index is 13.6. The first-order valence-corrected chi connectivity index (χ1v) is 5.83. The molecule has 0 amide bonds. The molecule has 1 aromatic carbocycles. The molecule has 0 N–H and O–H groups in total. The normalized spacial score (nSPS) is 16.8. The first-order valence-electron chi connectivity index (χ1n) is 4.39. The Morgan fingerprint density at radius 3 is 2.75 bits per heavy atom. The molecule has 1 aromatic rings. The van der Waals surface area contributed by atoms with Crippen LogP contribution in [0.5, 0.6) is 0 Å². The van der Waals surface area contributed by atoms with Gasteiger partial charge in [0.1, 0.15) is 10.7 Å². The van der Waals surface area contributed by atoms with Gasteiger partial charge in [0.15, 0.2) is 5.84 Å². The molecule has 2 rings (SSSR count). The van der Waals surface area contributed by atoms with Crippen molar-refractivity contribution in [2.75, 3.05) is 14.2 Å². The molecule has 0 aliphatic carbocycles. The maximum Gasteiger partial charge on any atom is 0.285 e. The Hall–Kier alpha value is -1.47. The highest BCUT2D eigenvalue weighted by molar-refractivity contribution is 7.90. The van der Waals surface area contributed by atoms with E-state index >= 15 is 0 Å². The number of benzene rings is 1. The summed E-state index contributed by atoms with van der Waals surface area (Å²) in [6.45, 7) is 0. The van der Waals surface area contributed by atoms with Crippen molar-refractivity contribution in [3.63, 3.8) is 0 Å². The molecule has 0 spiro atoms. The van der Waals surface area contributed by atoms with E-state index < -0.39 is 15.8 Å². The zero-order chi connectivity index (χ0) is 11.9. The topological polar surface area (TPSA) is 59.0 Å². The Morgan fingerprint density at radius 1 is 1.44 bits per heavy atom. The quantitative estimate of drug-likeness (QED) is 0.684. The van der Waals surface area contributed by atoms with Crippen LogP contribution in [0.2, 0.25) is 0 Å². The monoisotopic (exact) mass is 244 g/mol. The summed E-state index contributed by atoms with van der Waals surface area (Å²) < 4.78 is 40.2. The fraction of sp³-hybridized carbons (Fsp3) is 0.222. The van der Waals surface area contributed by atoms with Crippen molar-refractivity contribution in [3.8, 4) is 0 Å². The third-order valence-electron chi connectivity index (χ3n) is 2.26. The predicted octanol–water partition coefficient (Wildman–Crippen LogP) is 0.768. The zero-order valence-electron chi connectivity index (χ0n) is 8.64.